The summed E-state index contributed by atoms with van der Waals surface area (Å²) in [5.74, 6) is 0.149. The molecule has 3 aromatic rings. The van der Waals surface area contributed by atoms with Crippen molar-refractivity contribution in [2.24, 2.45) is 5.73 Å². The van der Waals surface area contributed by atoms with Crippen molar-refractivity contribution in [3.8, 4) is 11.4 Å². The summed E-state index contributed by atoms with van der Waals surface area (Å²) < 4.78 is 0. The van der Waals surface area contributed by atoms with Gasteiger partial charge in [0.1, 0.15) is 0 Å². The molecule has 0 saturated carbocycles. The summed E-state index contributed by atoms with van der Waals surface area (Å²) in [4.78, 5) is 12.5. The average molecular weight is 279 g/mol. The van der Waals surface area contributed by atoms with Gasteiger partial charge in [0.05, 0.1) is 6.54 Å². The van der Waals surface area contributed by atoms with Crippen molar-refractivity contribution >= 4 is 5.91 Å². The minimum Gasteiger partial charge on any atom is -0.366 e. The van der Waals surface area contributed by atoms with Gasteiger partial charge in [0, 0.05) is 11.1 Å². The van der Waals surface area contributed by atoms with E-state index in [4.69, 9.17) is 5.73 Å². The molecule has 21 heavy (non-hydrogen) atoms. The number of nitrogens with two attached hydrogens (primary N) is 1. The van der Waals surface area contributed by atoms with E-state index in [0.717, 1.165) is 11.1 Å². The number of hydrogen-bond acceptors (Lipinski definition) is 4. The smallest absolute Gasteiger partial charge is 0.248 e. The van der Waals surface area contributed by atoms with Crippen LogP contribution in [0.25, 0.3) is 11.4 Å². The normalized spacial score (nSPS) is 10.5. The summed E-state index contributed by atoms with van der Waals surface area (Å²) in [6.07, 6.45) is 0. The number of carbonyl (C=O) groups is 1. The monoisotopic (exact) mass is 279 g/mol. The number of nitrogens with zero attached hydrogens (tertiary/aromatic N) is 4. The molecule has 1 aromatic heterocycles. The predicted molar refractivity (Wildman–Crippen MR) is 77.3 cm³/mol. The largest absolute Gasteiger partial charge is 0.366 e. The number of carbonyl (C=O) groups excluding carboxylic acids is 1. The highest BCUT2D eigenvalue weighted by Crippen LogP contribution is 2.12. The second-order valence-corrected chi connectivity index (χ2v) is 4.57. The lowest BCUT2D eigenvalue weighted by atomic mass is 10.1. The van der Waals surface area contributed by atoms with Gasteiger partial charge in [-0.15, -0.1) is 10.2 Å². The number of hydrogen-bond donors (Lipinski definition) is 1. The second kappa shape index (κ2) is 5.54. The van der Waals surface area contributed by atoms with Crippen LogP contribution in [0.3, 0.4) is 0 Å². The SMILES string of the molecule is NC(=O)c1ccc(Cn2nnc(-c3ccccc3)n2)cc1. The van der Waals surface area contributed by atoms with Crippen LogP contribution in [0.5, 0.6) is 0 Å². The lowest BCUT2D eigenvalue weighted by molar-refractivity contribution is 0.100. The van der Waals surface area contributed by atoms with Gasteiger partial charge in [-0.05, 0) is 22.9 Å². The van der Waals surface area contributed by atoms with Crippen LogP contribution in [0.1, 0.15) is 15.9 Å². The third-order valence-electron chi connectivity index (χ3n) is 3.05. The Morgan fingerprint density at radius 2 is 1.76 bits per heavy atom. The molecule has 0 spiro atoms. The van der Waals surface area contributed by atoms with Crippen LogP contribution < -0.4 is 5.73 Å². The molecular formula is C15H13N5O. The first-order valence-electron chi connectivity index (χ1n) is 6.44. The van der Waals surface area contributed by atoms with E-state index in [9.17, 15) is 4.79 Å². The molecule has 3 rings (SSSR count). The number of amides is 1. The van der Waals surface area contributed by atoms with Crippen molar-refractivity contribution in [1.82, 2.24) is 20.2 Å². The van der Waals surface area contributed by atoms with Crippen LogP contribution in [0.4, 0.5) is 0 Å². The highest BCUT2D eigenvalue weighted by Gasteiger charge is 2.06. The van der Waals surface area contributed by atoms with Crippen molar-refractivity contribution < 1.29 is 4.79 Å². The van der Waals surface area contributed by atoms with E-state index in [1.54, 1.807) is 12.1 Å². The zero-order chi connectivity index (χ0) is 14.7. The quantitative estimate of drug-likeness (QED) is 0.783. The van der Waals surface area contributed by atoms with E-state index in [2.05, 4.69) is 15.4 Å². The Hall–Kier alpha value is -3.02. The number of benzene rings is 2. The van der Waals surface area contributed by atoms with Gasteiger partial charge in [0.15, 0.2) is 0 Å². The van der Waals surface area contributed by atoms with E-state index in [-0.39, 0.29) is 0 Å². The molecule has 1 heterocycles. The summed E-state index contributed by atoms with van der Waals surface area (Å²) >= 11 is 0. The van der Waals surface area contributed by atoms with Gasteiger partial charge >= 0.3 is 0 Å². The molecule has 104 valence electrons. The minimum absolute atomic E-state index is 0.438. The Labute approximate surface area is 121 Å². The molecule has 6 heteroatoms. The lowest BCUT2D eigenvalue weighted by Gasteiger charge is -2.00. The third-order valence-corrected chi connectivity index (χ3v) is 3.05. The molecule has 0 atom stereocenters. The van der Waals surface area contributed by atoms with E-state index in [1.807, 2.05) is 42.5 Å². The highest BCUT2D eigenvalue weighted by atomic mass is 16.1. The maximum atomic E-state index is 11.0. The molecule has 0 fully saturated rings. The Balaban J connectivity index is 1.77. The molecule has 2 N–H and O–H groups in total. The molecule has 6 nitrogen and oxygen atoms in total. The molecule has 0 aliphatic carbocycles. The maximum absolute atomic E-state index is 11.0. The van der Waals surface area contributed by atoms with Crippen LogP contribution in [0.15, 0.2) is 54.6 Å². The average Bonchev–Trinajstić information content (AvgIpc) is 2.97. The number of rotatable bonds is 4. The zero-order valence-electron chi connectivity index (χ0n) is 11.2. The number of primary amides is 1. The van der Waals surface area contributed by atoms with E-state index >= 15 is 0 Å². The summed E-state index contributed by atoms with van der Waals surface area (Å²) in [5.41, 5.74) is 7.58. The molecule has 0 aliphatic heterocycles. The van der Waals surface area contributed by atoms with Crippen molar-refractivity contribution in [3.63, 3.8) is 0 Å². The summed E-state index contributed by atoms with van der Waals surface area (Å²) in [6, 6.07) is 16.7. The van der Waals surface area contributed by atoms with Crippen LogP contribution >= 0.6 is 0 Å². The molecule has 0 bridgehead atoms. The molecule has 0 radical (unpaired) electrons. The van der Waals surface area contributed by atoms with Crippen molar-refractivity contribution in [2.45, 2.75) is 6.54 Å². The fourth-order valence-corrected chi connectivity index (χ4v) is 1.95. The molecule has 0 saturated heterocycles. The van der Waals surface area contributed by atoms with Crippen molar-refractivity contribution in [1.29, 1.82) is 0 Å². The Morgan fingerprint density at radius 1 is 1.05 bits per heavy atom. The number of tetrazole rings is 1. The van der Waals surface area contributed by atoms with Crippen molar-refractivity contribution in [2.75, 3.05) is 0 Å². The van der Waals surface area contributed by atoms with Gasteiger partial charge < -0.3 is 5.73 Å². The van der Waals surface area contributed by atoms with E-state index in [0.29, 0.717) is 17.9 Å². The maximum Gasteiger partial charge on any atom is 0.248 e. The predicted octanol–water partition coefficient (Wildman–Crippen LogP) is 1.49. The van der Waals surface area contributed by atoms with Crippen LogP contribution in [-0.2, 0) is 6.54 Å². The van der Waals surface area contributed by atoms with Gasteiger partial charge in [-0.3, -0.25) is 4.79 Å². The molecule has 0 aliphatic rings. The zero-order valence-corrected chi connectivity index (χ0v) is 11.2. The van der Waals surface area contributed by atoms with Crippen LogP contribution in [-0.4, -0.2) is 26.1 Å². The van der Waals surface area contributed by atoms with Gasteiger partial charge in [0.2, 0.25) is 11.7 Å². The Kier molecular flexibility index (Phi) is 3.42. The molecule has 2 aromatic carbocycles. The highest BCUT2D eigenvalue weighted by molar-refractivity contribution is 5.92. The van der Waals surface area contributed by atoms with Gasteiger partial charge in [-0.25, -0.2) is 0 Å². The Bertz CT molecular complexity index is 749. The lowest BCUT2D eigenvalue weighted by Crippen LogP contribution is -2.11. The van der Waals surface area contributed by atoms with Gasteiger partial charge in [-0.1, -0.05) is 42.5 Å². The second-order valence-electron chi connectivity index (χ2n) is 4.57. The fourth-order valence-electron chi connectivity index (χ4n) is 1.95. The first kappa shape index (κ1) is 13.0. The third kappa shape index (κ3) is 2.94. The van der Waals surface area contributed by atoms with E-state index < -0.39 is 5.91 Å². The Morgan fingerprint density at radius 3 is 2.43 bits per heavy atom. The molecule has 1 amide bonds. The molecular weight excluding hydrogens is 266 g/mol. The van der Waals surface area contributed by atoms with Gasteiger partial charge in [-0.2, -0.15) is 4.80 Å². The van der Waals surface area contributed by atoms with Gasteiger partial charge in [0.25, 0.3) is 0 Å². The number of aromatic nitrogens is 4. The fraction of sp³-hybridized carbons (Fsp3) is 0.0667. The first-order chi connectivity index (χ1) is 10.2. The standard InChI is InChI=1S/C15H13N5O/c16-14(21)12-8-6-11(7-9-12)10-20-18-15(17-19-20)13-4-2-1-3-5-13/h1-9H,10H2,(H2,16,21). The summed E-state index contributed by atoms with van der Waals surface area (Å²) in [7, 11) is 0. The van der Waals surface area contributed by atoms with Crippen molar-refractivity contribution in [3.05, 3.63) is 65.7 Å². The topological polar surface area (TPSA) is 86.7 Å². The van der Waals surface area contributed by atoms with E-state index in [1.165, 1.54) is 4.80 Å². The summed E-state index contributed by atoms with van der Waals surface area (Å²) in [5, 5.41) is 12.4. The molecule has 0 unspecified atom stereocenters. The first-order valence-corrected chi connectivity index (χ1v) is 6.44. The van der Waals surface area contributed by atoms with Crippen LogP contribution in [0, 0.1) is 0 Å². The van der Waals surface area contributed by atoms with Crippen LogP contribution in [0.2, 0.25) is 0 Å². The summed E-state index contributed by atoms with van der Waals surface area (Å²) in [6.45, 7) is 0.485. The minimum atomic E-state index is -0.438.